The predicted octanol–water partition coefficient (Wildman–Crippen LogP) is 1.57. The van der Waals surface area contributed by atoms with Crippen molar-refractivity contribution in [1.29, 1.82) is 0 Å². The predicted molar refractivity (Wildman–Crippen MR) is 61.9 cm³/mol. The second-order valence-corrected chi connectivity index (χ2v) is 4.63. The third-order valence-corrected chi connectivity index (χ3v) is 2.91. The first-order valence-electron chi connectivity index (χ1n) is 5.15. The topological polar surface area (TPSA) is 49.3 Å². The summed E-state index contributed by atoms with van der Waals surface area (Å²) in [6.45, 7) is 2.41. The number of hydrogen-bond donors (Lipinski definition) is 2. The third-order valence-electron chi connectivity index (χ3n) is 2.04. The summed E-state index contributed by atoms with van der Waals surface area (Å²) in [5.74, 6) is 0.0584. The Morgan fingerprint density at radius 3 is 3.07 bits per heavy atom. The van der Waals surface area contributed by atoms with Crippen LogP contribution < -0.4 is 5.32 Å². The number of nitrogens with one attached hydrogen (secondary N) is 1. The van der Waals surface area contributed by atoms with Crippen LogP contribution in [0.4, 0.5) is 0 Å². The zero-order valence-electron chi connectivity index (χ0n) is 8.90. The van der Waals surface area contributed by atoms with E-state index in [-0.39, 0.29) is 12.0 Å². The summed E-state index contributed by atoms with van der Waals surface area (Å²) in [7, 11) is 0. The van der Waals surface area contributed by atoms with Crippen molar-refractivity contribution in [3.63, 3.8) is 0 Å². The van der Waals surface area contributed by atoms with Crippen molar-refractivity contribution >= 4 is 17.2 Å². The number of aliphatic hydroxyl groups excluding tert-OH is 1. The molecule has 0 aliphatic rings. The Balaban J connectivity index is 2.09. The van der Waals surface area contributed by atoms with Gasteiger partial charge in [0.1, 0.15) is 0 Å². The van der Waals surface area contributed by atoms with Gasteiger partial charge in [0.05, 0.1) is 12.5 Å². The Morgan fingerprint density at radius 1 is 1.67 bits per heavy atom. The van der Waals surface area contributed by atoms with Crippen molar-refractivity contribution in [2.24, 2.45) is 0 Å². The smallest absolute Gasteiger partial charge is 0.225 e. The molecule has 2 N–H and O–H groups in total. The molecule has 1 aromatic heterocycles. The van der Waals surface area contributed by atoms with Crippen molar-refractivity contribution in [2.45, 2.75) is 32.3 Å². The van der Waals surface area contributed by atoms with Gasteiger partial charge in [-0.1, -0.05) is 6.07 Å². The Labute approximate surface area is 94.1 Å². The molecule has 0 aromatic carbocycles. The lowest BCUT2D eigenvalue weighted by molar-refractivity contribution is -0.120. The molecule has 0 spiro atoms. The molecule has 15 heavy (non-hydrogen) atoms. The maximum Gasteiger partial charge on any atom is 0.225 e. The molecule has 0 aliphatic heterocycles. The molecule has 1 heterocycles. The summed E-state index contributed by atoms with van der Waals surface area (Å²) in [6, 6.07) is 3.90. The number of carbonyl (C=O) groups is 1. The van der Waals surface area contributed by atoms with Gasteiger partial charge in [0.2, 0.25) is 5.91 Å². The van der Waals surface area contributed by atoms with E-state index in [4.69, 9.17) is 5.11 Å². The standard InChI is InChI=1S/C11H17NO2S/c1-9(13)4-2-6-12-11(14)8-10-5-3-7-15-10/h3,5,7,9,13H,2,4,6,8H2,1H3,(H,12,14). The number of amides is 1. The van der Waals surface area contributed by atoms with E-state index in [1.54, 1.807) is 18.3 Å². The summed E-state index contributed by atoms with van der Waals surface area (Å²) in [6.07, 6.45) is 1.75. The van der Waals surface area contributed by atoms with Crippen LogP contribution >= 0.6 is 11.3 Å². The lowest BCUT2D eigenvalue weighted by Gasteiger charge is -2.05. The van der Waals surface area contributed by atoms with Gasteiger partial charge in [-0.3, -0.25) is 4.79 Å². The highest BCUT2D eigenvalue weighted by molar-refractivity contribution is 7.10. The van der Waals surface area contributed by atoms with Gasteiger partial charge >= 0.3 is 0 Å². The summed E-state index contributed by atoms with van der Waals surface area (Å²) in [4.78, 5) is 12.5. The first-order chi connectivity index (χ1) is 7.18. The summed E-state index contributed by atoms with van der Waals surface area (Å²) in [5, 5.41) is 13.8. The SMILES string of the molecule is CC(O)CCCNC(=O)Cc1cccs1. The van der Waals surface area contributed by atoms with E-state index in [1.165, 1.54) is 0 Å². The molecule has 1 amide bonds. The average molecular weight is 227 g/mol. The van der Waals surface area contributed by atoms with Crippen LogP contribution in [-0.4, -0.2) is 23.7 Å². The first kappa shape index (κ1) is 12.2. The molecule has 1 aromatic rings. The van der Waals surface area contributed by atoms with E-state index in [0.29, 0.717) is 13.0 Å². The molecule has 0 saturated heterocycles. The number of aliphatic hydroxyl groups is 1. The van der Waals surface area contributed by atoms with Gasteiger partial charge in [-0.05, 0) is 31.2 Å². The second kappa shape index (κ2) is 6.58. The molecule has 0 saturated carbocycles. The number of carbonyl (C=O) groups excluding carboxylic acids is 1. The Bertz CT molecular complexity index is 283. The minimum absolute atomic E-state index is 0.0584. The van der Waals surface area contributed by atoms with E-state index in [0.717, 1.165) is 17.7 Å². The Morgan fingerprint density at radius 2 is 2.47 bits per heavy atom. The number of thiophene rings is 1. The van der Waals surface area contributed by atoms with Gasteiger partial charge in [0.15, 0.2) is 0 Å². The molecule has 0 aliphatic carbocycles. The number of hydrogen-bond acceptors (Lipinski definition) is 3. The lowest BCUT2D eigenvalue weighted by atomic mass is 10.2. The van der Waals surface area contributed by atoms with Crippen molar-refractivity contribution in [3.05, 3.63) is 22.4 Å². The average Bonchev–Trinajstić information content (AvgIpc) is 2.64. The highest BCUT2D eigenvalue weighted by Gasteiger charge is 2.03. The monoisotopic (exact) mass is 227 g/mol. The van der Waals surface area contributed by atoms with Crippen molar-refractivity contribution in [2.75, 3.05) is 6.54 Å². The van der Waals surface area contributed by atoms with Gasteiger partial charge in [-0.15, -0.1) is 11.3 Å². The summed E-state index contributed by atoms with van der Waals surface area (Å²) >= 11 is 1.59. The molecular formula is C11H17NO2S. The zero-order valence-corrected chi connectivity index (χ0v) is 9.72. The van der Waals surface area contributed by atoms with Crippen LogP contribution in [-0.2, 0) is 11.2 Å². The van der Waals surface area contributed by atoms with E-state index in [1.807, 2.05) is 17.5 Å². The zero-order chi connectivity index (χ0) is 11.1. The first-order valence-corrected chi connectivity index (χ1v) is 6.03. The maximum absolute atomic E-state index is 11.4. The second-order valence-electron chi connectivity index (χ2n) is 3.60. The fourth-order valence-electron chi connectivity index (χ4n) is 1.26. The lowest BCUT2D eigenvalue weighted by Crippen LogP contribution is -2.26. The van der Waals surface area contributed by atoms with Crippen LogP contribution in [0, 0.1) is 0 Å². The molecule has 4 heteroatoms. The Hall–Kier alpha value is -0.870. The Kier molecular flexibility index (Phi) is 5.36. The normalized spacial score (nSPS) is 12.4. The van der Waals surface area contributed by atoms with Crippen molar-refractivity contribution in [1.82, 2.24) is 5.32 Å². The molecule has 1 rings (SSSR count). The van der Waals surface area contributed by atoms with Gasteiger partial charge in [0, 0.05) is 11.4 Å². The maximum atomic E-state index is 11.4. The van der Waals surface area contributed by atoms with E-state index >= 15 is 0 Å². The fourth-order valence-corrected chi connectivity index (χ4v) is 1.96. The van der Waals surface area contributed by atoms with Gasteiger partial charge in [-0.2, -0.15) is 0 Å². The highest BCUT2D eigenvalue weighted by atomic mass is 32.1. The van der Waals surface area contributed by atoms with Gasteiger partial charge < -0.3 is 10.4 Å². The van der Waals surface area contributed by atoms with E-state index in [9.17, 15) is 4.79 Å². The van der Waals surface area contributed by atoms with E-state index < -0.39 is 0 Å². The fraction of sp³-hybridized carbons (Fsp3) is 0.545. The van der Waals surface area contributed by atoms with Crippen LogP contribution in [0.25, 0.3) is 0 Å². The minimum Gasteiger partial charge on any atom is -0.393 e. The molecule has 84 valence electrons. The van der Waals surface area contributed by atoms with Crippen LogP contribution in [0.15, 0.2) is 17.5 Å². The molecule has 3 nitrogen and oxygen atoms in total. The molecular weight excluding hydrogens is 210 g/mol. The largest absolute Gasteiger partial charge is 0.393 e. The number of rotatable bonds is 6. The van der Waals surface area contributed by atoms with Crippen LogP contribution in [0.3, 0.4) is 0 Å². The molecule has 0 fully saturated rings. The van der Waals surface area contributed by atoms with Crippen LogP contribution in [0.1, 0.15) is 24.6 Å². The quantitative estimate of drug-likeness (QED) is 0.725. The molecule has 0 radical (unpaired) electrons. The van der Waals surface area contributed by atoms with Crippen molar-refractivity contribution < 1.29 is 9.90 Å². The summed E-state index contributed by atoms with van der Waals surface area (Å²) in [5.41, 5.74) is 0. The summed E-state index contributed by atoms with van der Waals surface area (Å²) < 4.78 is 0. The van der Waals surface area contributed by atoms with E-state index in [2.05, 4.69) is 5.32 Å². The van der Waals surface area contributed by atoms with Crippen molar-refractivity contribution in [3.8, 4) is 0 Å². The highest BCUT2D eigenvalue weighted by Crippen LogP contribution is 2.08. The van der Waals surface area contributed by atoms with Crippen LogP contribution in [0.5, 0.6) is 0 Å². The van der Waals surface area contributed by atoms with Crippen LogP contribution in [0.2, 0.25) is 0 Å². The molecule has 1 atom stereocenters. The third kappa shape index (κ3) is 5.54. The minimum atomic E-state index is -0.279. The molecule has 1 unspecified atom stereocenters. The van der Waals surface area contributed by atoms with Gasteiger partial charge in [0.25, 0.3) is 0 Å². The molecule has 0 bridgehead atoms. The van der Waals surface area contributed by atoms with Gasteiger partial charge in [-0.25, -0.2) is 0 Å².